The number of aromatic nitrogens is 1. The zero-order chi connectivity index (χ0) is 20.4. The highest BCUT2D eigenvalue weighted by atomic mass is 32.2. The summed E-state index contributed by atoms with van der Waals surface area (Å²) < 4.78 is 40.5. The number of fused-ring (bicyclic) bond motifs is 1. The van der Waals surface area contributed by atoms with Crippen molar-refractivity contribution in [3.05, 3.63) is 78.7 Å². The van der Waals surface area contributed by atoms with Gasteiger partial charge in [0.1, 0.15) is 10.7 Å². The number of halogens is 1. The van der Waals surface area contributed by atoms with E-state index in [4.69, 9.17) is 0 Å². The van der Waals surface area contributed by atoms with E-state index in [0.29, 0.717) is 11.4 Å². The Bertz CT molecular complexity index is 1140. The normalized spacial score (nSPS) is 15.6. The van der Waals surface area contributed by atoms with Crippen molar-refractivity contribution in [1.82, 2.24) is 9.29 Å². The molecular formula is C20H17FN4O3S. The molecule has 29 heavy (non-hydrogen) atoms. The van der Waals surface area contributed by atoms with Crippen LogP contribution in [0.15, 0.2) is 77.8 Å². The van der Waals surface area contributed by atoms with Crippen LogP contribution in [0.5, 0.6) is 0 Å². The average molecular weight is 412 g/mol. The summed E-state index contributed by atoms with van der Waals surface area (Å²) in [6.45, 7) is -0.497. The lowest BCUT2D eigenvalue weighted by Crippen LogP contribution is -2.47. The lowest BCUT2D eigenvalue weighted by Gasteiger charge is -2.36. The summed E-state index contributed by atoms with van der Waals surface area (Å²) in [7, 11) is -3.93. The quantitative estimate of drug-likeness (QED) is 0.713. The van der Waals surface area contributed by atoms with Gasteiger partial charge in [-0.15, -0.1) is 0 Å². The van der Waals surface area contributed by atoms with E-state index in [-0.39, 0.29) is 23.9 Å². The van der Waals surface area contributed by atoms with Crippen LogP contribution < -0.4 is 10.2 Å². The molecule has 0 atom stereocenters. The number of para-hydroxylation sites is 1. The second kappa shape index (κ2) is 7.61. The number of benzene rings is 2. The molecule has 148 valence electrons. The lowest BCUT2D eigenvalue weighted by atomic mass is 10.2. The van der Waals surface area contributed by atoms with Crippen LogP contribution in [0, 0.1) is 5.82 Å². The van der Waals surface area contributed by atoms with Gasteiger partial charge >= 0.3 is 0 Å². The van der Waals surface area contributed by atoms with Gasteiger partial charge in [0.2, 0.25) is 15.9 Å². The van der Waals surface area contributed by atoms with Crippen LogP contribution in [0.4, 0.5) is 21.6 Å². The van der Waals surface area contributed by atoms with Gasteiger partial charge in [-0.05, 0) is 48.5 Å². The molecule has 2 heterocycles. The smallest absolute Gasteiger partial charge is 0.248 e. The summed E-state index contributed by atoms with van der Waals surface area (Å²) in [6, 6.07) is 17.4. The predicted molar refractivity (Wildman–Crippen MR) is 107 cm³/mol. The van der Waals surface area contributed by atoms with Crippen LogP contribution in [0.1, 0.15) is 0 Å². The van der Waals surface area contributed by atoms with Crippen molar-refractivity contribution in [3.8, 4) is 0 Å². The number of amides is 1. The highest BCUT2D eigenvalue weighted by Gasteiger charge is 2.37. The van der Waals surface area contributed by atoms with Crippen molar-refractivity contribution in [1.29, 1.82) is 0 Å². The molecule has 0 saturated carbocycles. The van der Waals surface area contributed by atoms with E-state index in [2.05, 4.69) is 10.3 Å². The second-order valence-electron chi connectivity index (χ2n) is 6.40. The maximum Gasteiger partial charge on any atom is 0.248 e. The minimum Gasteiger partial charge on any atom is -0.325 e. The van der Waals surface area contributed by atoms with E-state index in [1.807, 2.05) is 6.07 Å². The standard InChI is InChI=1S/C20H17FN4O3S/c21-15-8-10-17(11-9-15)25-14-24(13-19(26)23-16-5-2-1-3-6-16)29(27,28)18-7-4-12-22-20(18)25/h1-12H,13-14H2,(H,23,26). The maximum absolute atomic E-state index is 13.3. The first-order valence-corrected chi connectivity index (χ1v) is 10.2. The van der Waals surface area contributed by atoms with Crippen molar-refractivity contribution in [2.75, 3.05) is 23.4 Å². The Labute approximate surface area is 167 Å². The Morgan fingerprint density at radius 1 is 1.03 bits per heavy atom. The van der Waals surface area contributed by atoms with Crippen molar-refractivity contribution < 1.29 is 17.6 Å². The molecule has 0 bridgehead atoms. The molecule has 0 spiro atoms. The van der Waals surface area contributed by atoms with Gasteiger partial charge in [-0.3, -0.25) is 4.79 Å². The molecule has 4 rings (SSSR count). The fraction of sp³-hybridized carbons (Fsp3) is 0.100. The van der Waals surface area contributed by atoms with Crippen molar-refractivity contribution in [2.24, 2.45) is 0 Å². The third-order valence-corrected chi connectivity index (χ3v) is 6.24. The molecule has 9 heteroatoms. The minimum absolute atomic E-state index is 0.0110. The molecule has 0 fully saturated rings. The monoisotopic (exact) mass is 412 g/mol. The predicted octanol–water partition coefficient (Wildman–Crippen LogP) is 2.96. The summed E-state index contributed by atoms with van der Waals surface area (Å²) in [5.74, 6) is -0.635. The number of hydrogen-bond acceptors (Lipinski definition) is 5. The number of nitrogens with one attached hydrogen (secondary N) is 1. The van der Waals surface area contributed by atoms with E-state index in [1.165, 1.54) is 42.6 Å². The molecule has 0 unspecified atom stereocenters. The summed E-state index contributed by atoms with van der Waals surface area (Å²) in [6.07, 6.45) is 1.49. The topological polar surface area (TPSA) is 82.6 Å². The van der Waals surface area contributed by atoms with Crippen LogP contribution in [-0.2, 0) is 14.8 Å². The Morgan fingerprint density at radius 2 is 1.76 bits per heavy atom. The number of rotatable bonds is 4. The van der Waals surface area contributed by atoms with Crippen LogP contribution in [-0.4, -0.2) is 36.8 Å². The van der Waals surface area contributed by atoms with Gasteiger partial charge in [0.05, 0.1) is 13.2 Å². The van der Waals surface area contributed by atoms with E-state index < -0.39 is 21.7 Å². The first kappa shape index (κ1) is 19.0. The largest absolute Gasteiger partial charge is 0.325 e. The average Bonchev–Trinajstić information content (AvgIpc) is 2.72. The number of anilines is 3. The van der Waals surface area contributed by atoms with Gasteiger partial charge < -0.3 is 10.2 Å². The molecule has 7 nitrogen and oxygen atoms in total. The molecule has 1 aliphatic rings. The summed E-state index contributed by atoms with van der Waals surface area (Å²) in [5.41, 5.74) is 1.14. The molecule has 0 saturated heterocycles. The van der Waals surface area contributed by atoms with E-state index in [1.54, 1.807) is 29.2 Å². The minimum atomic E-state index is -3.93. The molecular weight excluding hydrogens is 395 g/mol. The molecule has 3 aromatic rings. The van der Waals surface area contributed by atoms with Crippen LogP contribution >= 0.6 is 0 Å². The van der Waals surface area contributed by atoms with Gasteiger partial charge in [-0.2, -0.15) is 4.31 Å². The molecule has 1 aromatic heterocycles. The Kier molecular flexibility index (Phi) is 4.99. The third kappa shape index (κ3) is 3.82. The lowest BCUT2D eigenvalue weighted by molar-refractivity contribution is -0.116. The Balaban J connectivity index is 1.66. The number of carbonyl (C=O) groups is 1. The summed E-state index contributed by atoms with van der Waals surface area (Å²) in [5, 5.41) is 2.68. The van der Waals surface area contributed by atoms with Crippen LogP contribution in [0.2, 0.25) is 0 Å². The Morgan fingerprint density at radius 3 is 2.48 bits per heavy atom. The first-order valence-electron chi connectivity index (χ1n) is 8.78. The Hall–Kier alpha value is -3.30. The fourth-order valence-corrected chi connectivity index (χ4v) is 4.55. The number of hydrogen-bond donors (Lipinski definition) is 1. The van der Waals surface area contributed by atoms with Crippen molar-refractivity contribution >= 4 is 33.1 Å². The molecule has 0 aliphatic carbocycles. The maximum atomic E-state index is 13.3. The molecule has 2 aromatic carbocycles. The molecule has 1 aliphatic heterocycles. The SMILES string of the molecule is O=C(CN1CN(c2ccc(F)cc2)c2ncccc2S1(=O)=O)Nc1ccccc1. The zero-order valence-corrected chi connectivity index (χ0v) is 16.0. The summed E-state index contributed by atoms with van der Waals surface area (Å²) in [4.78, 5) is 18.3. The zero-order valence-electron chi connectivity index (χ0n) is 15.2. The third-order valence-electron chi connectivity index (χ3n) is 4.44. The number of carbonyl (C=O) groups excluding carboxylic acids is 1. The van der Waals surface area contributed by atoms with E-state index in [0.717, 1.165) is 4.31 Å². The number of nitrogens with zero attached hydrogens (tertiary/aromatic N) is 3. The van der Waals surface area contributed by atoms with Crippen LogP contribution in [0.25, 0.3) is 0 Å². The number of pyridine rings is 1. The molecule has 1 N–H and O–H groups in total. The van der Waals surface area contributed by atoms with Gasteiger partial charge in [-0.1, -0.05) is 18.2 Å². The van der Waals surface area contributed by atoms with Crippen molar-refractivity contribution in [3.63, 3.8) is 0 Å². The highest BCUT2D eigenvalue weighted by Crippen LogP contribution is 2.35. The molecule has 0 radical (unpaired) electrons. The second-order valence-corrected chi connectivity index (χ2v) is 8.31. The van der Waals surface area contributed by atoms with Gasteiger partial charge in [0, 0.05) is 17.6 Å². The first-order chi connectivity index (χ1) is 13.9. The summed E-state index contributed by atoms with van der Waals surface area (Å²) >= 11 is 0. The number of sulfonamides is 1. The van der Waals surface area contributed by atoms with Gasteiger partial charge in [0.25, 0.3) is 0 Å². The van der Waals surface area contributed by atoms with E-state index in [9.17, 15) is 17.6 Å². The van der Waals surface area contributed by atoms with Crippen LogP contribution in [0.3, 0.4) is 0 Å². The molecule has 1 amide bonds. The van der Waals surface area contributed by atoms with Crippen molar-refractivity contribution in [2.45, 2.75) is 4.90 Å². The van der Waals surface area contributed by atoms with Gasteiger partial charge in [-0.25, -0.2) is 17.8 Å². The fourth-order valence-electron chi connectivity index (χ4n) is 3.07. The highest BCUT2D eigenvalue weighted by molar-refractivity contribution is 7.89. The van der Waals surface area contributed by atoms with E-state index >= 15 is 0 Å². The van der Waals surface area contributed by atoms with Gasteiger partial charge in [0.15, 0.2) is 5.82 Å².